The number of hydrogen-bond acceptors (Lipinski definition) is 6. The minimum atomic E-state index is -0.807. The van der Waals surface area contributed by atoms with Crippen molar-refractivity contribution in [2.75, 3.05) is 18.4 Å². The first kappa shape index (κ1) is 16.1. The van der Waals surface area contributed by atoms with Gasteiger partial charge >= 0.3 is 0 Å². The number of nitriles is 1. The maximum absolute atomic E-state index is 13.5. The number of aromatic nitrogens is 2. The van der Waals surface area contributed by atoms with Gasteiger partial charge in [0.2, 0.25) is 11.8 Å². The van der Waals surface area contributed by atoms with E-state index in [0.717, 1.165) is 0 Å². The van der Waals surface area contributed by atoms with Crippen LogP contribution in [0.4, 0.5) is 10.1 Å². The van der Waals surface area contributed by atoms with Gasteiger partial charge in [0, 0.05) is 0 Å². The summed E-state index contributed by atoms with van der Waals surface area (Å²) in [4.78, 5) is 16.2. The van der Waals surface area contributed by atoms with Gasteiger partial charge in [-0.1, -0.05) is 17.3 Å². The van der Waals surface area contributed by atoms with Crippen LogP contribution in [0.3, 0.4) is 0 Å². The molecule has 1 aromatic heterocycles. The molecule has 124 valence electrons. The van der Waals surface area contributed by atoms with Crippen LogP contribution >= 0.6 is 0 Å². The Balaban J connectivity index is 1.69. The van der Waals surface area contributed by atoms with Crippen LogP contribution in [0.2, 0.25) is 0 Å². The van der Waals surface area contributed by atoms with Crippen LogP contribution in [0.25, 0.3) is 0 Å². The monoisotopic (exact) mass is 329 g/mol. The van der Waals surface area contributed by atoms with Crippen molar-refractivity contribution in [1.82, 2.24) is 15.5 Å². The molecule has 0 unspecified atom stereocenters. The summed E-state index contributed by atoms with van der Waals surface area (Å²) in [6.45, 7) is 1.39. The third-order valence-corrected chi connectivity index (χ3v) is 4.02. The van der Waals surface area contributed by atoms with Gasteiger partial charge in [0.1, 0.15) is 11.2 Å². The van der Waals surface area contributed by atoms with Crippen molar-refractivity contribution < 1.29 is 13.7 Å². The smallest absolute Gasteiger partial charge is 0.247 e. The number of carbonyl (C=O) groups is 1. The Bertz CT molecular complexity index is 777. The van der Waals surface area contributed by atoms with Crippen LogP contribution in [0.15, 0.2) is 28.8 Å². The quantitative estimate of drug-likeness (QED) is 0.882. The van der Waals surface area contributed by atoms with E-state index in [-0.39, 0.29) is 23.8 Å². The highest BCUT2D eigenvalue weighted by molar-refractivity contribution is 5.91. The SMILES string of the molecule is N#CC1(c2nc(CC(=O)Nc3ccccc3F)no2)CCNCC1. The fourth-order valence-corrected chi connectivity index (χ4v) is 2.65. The Morgan fingerprint density at radius 2 is 2.17 bits per heavy atom. The summed E-state index contributed by atoms with van der Waals surface area (Å²) < 4.78 is 18.7. The lowest BCUT2D eigenvalue weighted by Crippen LogP contribution is -2.39. The maximum Gasteiger partial charge on any atom is 0.247 e. The molecule has 7 nitrogen and oxygen atoms in total. The Labute approximate surface area is 137 Å². The topological polar surface area (TPSA) is 104 Å². The van der Waals surface area contributed by atoms with Crippen molar-refractivity contribution >= 4 is 11.6 Å². The van der Waals surface area contributed by atoms with Gasteiger partial charge in [-0.15, -0.1) is 0 Å². The number of carbonyl (C=O) groups excluding carboxylic acids is 1. The first-order chi connectivity index (χ1) is 11.6. The van der Waals surface area contributed by atoms with Crippen LogP contribution in [0, 0.1) is 17.1 Å². The molecule has 3 rings (SSSR count). The lowest BCUT2D eigenvalue weighted by atomic mass is 9.80. The second-order valence-electron chi connectivity index (χ2n) is 5.66. The summed E-state index contributed by atoms with van der Waals surface area (Å²) in [6, 6.07) is 8.15. The lowest BCUT2D eigenvalue weighted by Gasteiger charge is -2.27. The molecule has 24 heavy (non-hydrogen) atoms. The molecule has 0 spiro atoms. The van der Waals surface area contributed by atoms with Crippen LogP contribution in [0.1, 0.15) is 24.6 Å². The third-order valence-electron chi connectivity index (χ3n) is 4.02. The van der Waals surface area contributed by atoms with Gasteiger partial charge in [-0.3, -0.25) is 4.79 Å². The van der Waals surface area contributed by atoms with Crippen molar-refractivity contribution in [1.29, 1.82) is 5.26 Å². The van der Waals surface area contributed by atoms with Crippen molar-refractivity contribution in [3.8, 4) is 6.07 Å². The first-order valence-electron chi connectivity index (χ1n) is 7.62. The van der Waals surface area contributed by atoms with Gasteiger partial charge in [-0.25, -0.2) is 4.39 Å². The number of hydrogen-bond donors (Lipinski definition) is 2. The van der Waals surface area contributed by atoms with Crippen LogP contribution in [-0.2, 0) is 16.6 Å². The second-order valence-corrected chi connectivity index (χ2v) is 5.66. The highest BCUT2D eigenvalue weighted by Crippen LogP contribution is 2.31. The number of amides is 1. The largest absolute Gasteiger partial charge is 0.338 e. The molecule has 2 N–H and O–H groups in total. The Morgan fingerprint density at radius 3 is 2.88 bits per heavy atom. The molecular weight excluding hydrogens is 313 g/mol. The molecule has 1 aromatic carbocycles. The standard InChI is InChI=1S/C16H16FN5O2/c17-11-3-1-2-4-12(11)20-14(23)9-13-21-15(24-22-13)16(10-18)5-7-19-8-6-16/h1-4,19H,5-9H2,(H,20,23). The molecule has 0 saturated carbocycles. The molecule has 1 saturated heterocycles. The van der Waals surface area contributed by atoms with E-state index >= 15 is 0 Å². The second kappa shape index (κ2) is 6.76. The van der Waals surface area contributed by atoms with E-state index in [2.05, 4.69) is 26.8 Å². The minimum Gasteiger partial charge on any atom is -0.338 e. The van der Waals surface area contributed by atoms with Gasteiger partial charge in [0.05, 0.1) is 18.2 Å². The zero-order valence-corrected chi connectivity index (χ0v) is 12.9. The van der Waals surface area contributed by atoms with Gasteiger partial charge in [0.25, 0.3) is 0 Å². The van der Waals surface area contributed by atoms with E-state index in [1.807, 2.05) is 0 Å². The molecule has 1 amide bonds. The van der Waals surface area contributed by atoms with Crippen LogP contribution in [-0.4, -0.2) is 29.1 Å². The fraction of sp³-hybridized carbons (Fsp3) is 0.375. The Hall–Kier alpha value is -2.79. The minimum absolute atomic E-state index is 0.0954. The van der Waals surface area contributed by atoms with E-state index in [0.29, 0.717) is 25.9 Å². The summed E-state index contributed by atoms with van der Waals surface area (Å²) in [5, 5.41) is 18.9. The molecule has 0 aliphatic carbocycles. The number of anilines is 1. The third kappa shape index (κ3) is 3.26. The highest BCUT2D eigenvalue weighted by atomic mass is 19.1. The molecule has 1 aliphatic rings. The van der Waals surface area contributed by atoms with Crippen molar-refractivity contribution in [3.05, 3.63) is 41.8 Å². The van der Waals surface area contributed by atoms with Crippen LogP contribution < -0.4 is 10.6 Å². The predicted molar refractivity (Wildman–Crippen MR) is 82.4 cm³/mol. The molecule has 0 atom stereocenters. The van der Waals surface area contributed by atoms with E-state index in [1.165, 1.54) is 18.2 Å². The van der Waals surface area contributed by atoms with E-state index in [4.69, 9.17) is 4.52 Å². The van der Waals surface area contributed by atoms with Gasteiger partial charge < -0.3 is 15.2 Å². The summed E-state index contributed by atoms with van der Waals surface area (Å²) in [7, 11) is 0. The zero-order chi connectivity index (χ0) is 17.0. The molecule has 0 radical (unpaired) electrons. The molecular formula is C16H16FN5O2. The molecule has 2 aromatic rings. The molecule has 1 fully saturated rings. The van der Waals surface area contributed by atoms with Crippen molar-refractivity contribution in [2.24, 2.45) is 0 Å². The van der Waals surface area contributed by atoms with Gasteiger partial charge in [-0.2, -0.15) is 10.2 Å². The number of piperidine rings is 1. The van der Waals surface area contributed by atoms with Crippen molar-refractivity contribution in [2.45, 2.75) is 24.7 Å². The number of nitrogens with one attached hydrogen (secondary N) is 2. The normalized spacial score (nSPS) is 16.3. The van der Waals surface area contributed by atoms with E-state index < -0.39 is 17.1 Å². The maximum atomic E-state index is 13.5. The summed E-state index contributed by atoms with van der Waals surface area (Å²) in [5.74, 6) is -0.561. The molecule has 8 heteroatoms. The first-order valence-corrected chi connectivity index (χ1v) is 7.62. The van der Waals surface area contributed by atoms with Gasteiger partial charge in [0.15, 0.2) is 5.82 Å². The molecule has 2 heterocycles. The number of nitrogens with zero attached hydrogens (tertiary/aromatic N) is 3. The van der Waals surface area contributed by atoms with Gasteiger partial charge in [-0.05, 0) is 38.1 Å². The zero-order valence-electron chi connectivity index (χ0n) is 12.9. The average molecular weight is 329 g/mol. The van der Waals surface area contributed by atoms with Crippen LogP contribution in [0.5, 0.6) is 0 Å². The number of halogens is 1. The summed E-state index contributed by atoms with van der Waals surface area (Å²) in [5.41, 5.74) is -0.712. The Morgan fingerprint density at radius 1 is 1.42 bits per heavy atom. The summed E-state index contributed by atoms with van der Waals surface area (Å²) in [6.07, 6.45) is 0.997. The summed E-state index contributed by atoms with van der Waals surface area (Å²) >= 11 is 0. The molecule has 1 aliphatic heterocycles. The predicted octanol–water partition coefficient (Wildman–Crippen LogP) is 1.53. The average Bonchev–Trinajstić information content (AvgIpc) is 3.06. The fourth-order valence-electron chi connectivity index (χ4n) is 2.65. The van der Waals surface area contributed by atoms with E-state index in [9.17, 15) is 14.4 Å². The van der Waals surface area contributed by atoms with E-state index in [1.54, 1.807) is 6.07 Å². The lowest BCUT2D eigenvalue weighted by molar-refractivity contribution is -0.115. The highest BCUT2D eigenvalue weighted by Gasteiger charge is 2.39. The van der Waals surface area contributed by atoms with Crippen molar-refractivity contribution in [3.63, 3.8) is 0 Å². The Kier molecular flexibility index (Phi) is 4.53. The number of para-hydroxylation sites is 1. The molecule has 0 bridgehead atoms. The number of rotatable bonds is 4. The number of benzene rings is 1.